The summed E-state index contributed by atoms with van der Waals surface area (Å²) in [5.74, 6) is 0.504. The quantitative estimate of drug-likeness (QED) is 0.585. The van der Waals surface area contributed by atoms with E-state index < -0.39 is 0 Å². The molecule has 2 aromatic carbocycles. The molecule has 0 atom stereocenters. The predicted octanol–water partition coefficient (Wildman–Crippen LogP) is 5.08. The molecule has 6 heteroatoms. The van der Waals surface area contributed by atoms with E-state index in [1.54, 1.807) is 13.2 Å². The van der Waals surface area contributed by atoms with Gasteiger partial charge in [0, 0.05) is 19.8 Å². The highest BCUT2D eigenvalue weighted by atomic mass is 127. The summed E-state index contributed by atoms with van der Waals surface area (Å²) in [7, 11) is 1.59. The molecular weight excluding hydrogens is 501 g/mol. The Morgan fingerprint density at radius 1 is 1.15 bits per heavy atom. The lowest BCUT2D eigenvalue weighted by atomic mass is 10.2. The number of methoxy groups -OCH3 is 1. The Kier molecular flexibility index (Phi) is 5.45. The first-order valence-corrected chi connectivity index (χ1v) is 8.27. The van der Waals surface area contributed by atoms with Crippen molar-refractivity contribution in [2.24, 2.45) is 0 Å². The number of carbonyl (C=O) groups excluding carboxylic acids is 1. The highest BCUT2D eigenvalue weighted by molar-refractivity contribution is 14.1. The standard InChI is InChI=1S/C14H10Br2INO2/c1-20-13-7-9(3-5-12(13)16)18-14(19)10-6-8(17)2-4-11(10)15/h2-7H,1H3,(H,18,19). The van der Waals surface area contributed by atoms with Gasteiger partial charge in [0.2, 0.25) is 0 Å². The van der Waals surface area contributed by atoms with Crippen LogP contribution in [0.4, 0.5) is 5.69 Å². The second kappa shape index (κ2) is 6.91. The van der Waals surface area contributed by atoms with Crippen LogP contribution < -0.4 is 10.1 Å². The number of halogens is 3. The van der Waals surface area contributed by atoms with Crippen LogP contribution in [-0.2, 0) is 0 Å². The zero-order valence-electron chi connectivity index (χ0n) is 10.4. The number of rotatable bonds is 3. The molecule has 2 aromatic rings. The van der Waals surface area contributed by atoms with Gasteiger partial charge in [0.15, 0.2) is 0 Å². The Hall–Kier alpha value is -0.600. The van der Waals surface area contributed by atoms with Gasteiger partial charge in [-0.3, -0.25) is 4.79 Å². The highest BCUT2D eigenvalue weighted by Crippen LogP contribution is 2.28. The summed E-state index contributed by atoms with van der Waals surface area (Å²) < 4.78 is 7.82. The highest BCUT2D eigenvalue weighted by Gasteiger charge is 2.11. The van der Waals surface area contributed by atoms with E-state index in [1.165, 1.54) is 0 Å². The maximum absolute atomic E-state index is 12.3. The molecule has 0 aliphatic heterocycles. The van der Waals surface area contributed by atoms with Crippen molar-refractivity contribution in [3.05, 3.63) is 54.5 Å². The number of ether oxygens (including phenoxy) is 1. The van der Waals surface area contributed by atoms with Crippen molar-refractivity contribution in [2.45, 2.75) is 0 Å². The Labute approximate surface area is 147 Å². The largest absolute Gasteiger partial charge is 0.495 e. The Morgan fingerprint density at radius 2 is 1.85 bits per heavy atom. The third kappa shape index (κ3) is 3.73. The van der Waals surface area contributed by atoms with Crippen molar-refractivity contribution >= 4 is 66.0 Å². The lowest BCUT2D eigenvalue weighted by Gasteiger charge is -2.10. The van der Waals surface area contributed by atoms with Crippen molar-refractivity contribution in [1.82, 2.24) is 0 Å². The third-order valence-corrected chi connectivity index (χ3v) is 4.60. The molecular formula is C14H10Br2INO2. The zero-order chi connectivity index (χ0) is 14.7. The third-order valence-electron chi connectivity index (χ3n) is 2.58. The minimum absolute atomic E-state index is 0.167. The lowest BCUT2D eigenvalue weighted by Crippen LogP contribution is -2.12. The van der Waals surface area contributed by atoms with Crippen molar-refractivity contribution in [2.75, 3.05) is 12.4 Å². The van der Waals surface area contributed by atoms with Gasteiger partial charge in [0.05, 0.1) is 17.1 Å². The molecule has 0 aromatic heterocycles. The first kappa shape index (κ1) is 15.8. The van der Waals surface area contributed by atoms with Crippen LogP contribution >= 0.6 is 54.5 Å². The second-order valence-corrected chi connectivity index (χ2v) is 6.88. The Bertz CT molecular complexity index is 662. The predicted molar refractivity (Wildman–Crippen MR) is 95.5 cm³/mol. The molecule has 1 amide bonds. The summed E-state index contributed by atoms with van der Waals surface area (Å²) in [4.78, 5) is 12.3. The van der Waals surface area contributed by atoms with E-state index in [0.29, 0.717) is 17.0 Å². The normalized spacial score (nSPS) is 10.2. The SMILES string of the molecule is COc1cc(NC(=O)c2cc(I)ccc2Br)ccc1Br. The summed E-state index contributed by atoms with van der Waals surface area (Å²) in [5, 5.41) is 2.86. The minimum atomic E-state index is -0.167. The summed E-state index contributed by atoms with van der Waals surface area (Å²) in [5.41, 5.74) is 1.28. The number of nitrogens with one attached hydrogen (secondary N) is 1. The number of amides is 1. The molecule has 0 saturated carbocycles. The van der Waals surface area contributed by atoms with Crippen molar-refractivity contribution in [3.63, 3.8) is 0 Å². The molecule has 0 unspecified atom stereocenters. The van der Waals surface area contributed by atoms with Crippen LogP contribution in [0, 0.1) is 3.57 Å². The van der Waals surface area contributed by atoms with E-state index in [1.807, 2.05) is 30.3 Å². The van der Waals surface area contributed by atoms with Gasteiger partial charge in [-0.25, -0.2) is 0 Å². The van der Waals surface area contributed by atoms with Gasteiger partial charge < -0.3 is 10.1 Å². The van der Waals surface area contributed by atoms with Gasteiger partial charge in [-0.05, 0) is 84.8 Å². The van der Waals surface area contributed by atoms with E-state index in [-0.39, 0.29) is 5.91 Å². The Morgan fingerprint density at radius 3 is 2.55 bits per heavy atom. The van der Waals surface area contributed by atoms with Crippen LogP contribution in [0.2, 0.25) is 0 Å². The van der Waals surface area contributed by atoms with Gasteiger partial charge in [0.25, 0.3) is 5.91 Å². The molecule has 0 spiro atoms. The topological polar surface area (TPSA) is 38.3 Å². The van der Waals surface area contributed by atoms with Gasteiger partial charge in [-0.15, -0.1) is 0 Å². The van der Waals surface area contributed by atoms with E-state index in [9.17, 15) is 4.79 Å². The average Bonchev–Trinajstić information content (AvgIpc) is 2.43. The molecule has 0 aliphatic rings. The summed E-state index contributed by atoms with van der Waals surface area (Å²) >= 11 is 8.94. The fourth-order valence-electron chi connectivity index (χ4n) is 1.61. The summed E-state index contributed by atoms with van der Waals surface area (Å²) in [6.07, 6.45) is 0. The van der Waals surface area contributed by atoms with Gasteiger partial charge in [-0.1, -0.05) is 0 Å². The van der Waals surface area contributed by atoms with Crippen LogP contribution in [0.5, 0.6) is 5.75 Å². The number of hydrogen-bond donors (Lipinski definition) is 1. The Balaban J connectivity index is 2.25. The smallest absolute Gasteiger partial charge is 0.256 e. The molecule has 0 heterocycles. The number of benzene rings is 2. The number of hydrogen-bond acceptors (Lipinski definition) is 2. The zero-order valence-corrected chi connectivity index (χ0v) is 15.7. The maximum atomic E-state index is 12.3. The monoisotopic (exact) mass is 509 g/mol. The molecule has 0 bridgehead atoms. The fraction of sp³-hybridized carbons (Fsp3) is 0.0714. The van der Waals surface area contributed by atoms with Crippen LogP contribution in [0.15, 0.2) is 45.3 Å². The average molecular weight is 511 g/mol. The minimum Gasteiger partial charge on any atom is -0.495 e. The van der Waals surface area contributed by atoms with Crippen molar-refractivity contribution in [3.8, 4) is 5.75 Å². The molecule has 0 fully saturated rings. The van der Waals surface area contributed by atoms with E-state index in [2.05, 4.69) is 59.8 Å². The summed E-state index contributed by atoms with van der Waals surface area (Å²) in [6, 6.07) is 11.0. The molecule has 0 saturated heterocycles. The molecule has 2 rings (SSSR count). The van der Waals surface area contributed by atoms with Crippen LogP contribution in [-0.4, -0.2) is 13.0 Å². The van der Waals surface area contributed by atoms with Crippen molar-refractivity contribution in [1.29, 1.82) is 0 Å². The molecule has 104 valence electrons. The number of anilines is 1. The van der Waals surface area contributed by atoms with Gasteiger partial charge in [-0.2, -0.15) is 0 Å². The van der Waals surface area contributed by atoms with Gasteiger partial charge >= 0.3 is 0 Å². The molecule has 1 N–H and O–H groups in total. The molecule has 0 aliphatic carbocycles. The van der Waals surface area contributed by atoms with E-state index in [0.717, 1.165) is 12.5 Å². The molecule has 3 nitrogen and oxygen atoms in total. The van der Waals surface area contributed by atoms with Crippen molar-refractivity contribution < 1.29 is 9.53 Å². The fourth-order valence-corrected chi connectivity index (χ4v) is 2.93. The number of carbonyl (C=O) groups is 1. The molecule has 0 radical (unpaired) electrons. The van der Waals surface area contributed by atoms with Gasteiger partial charge in [0.1, 0.15) is 5.75 Å². The van der Waals surface area contributed by atoms with Crippen LogP contribution in [0.1, 0.15) is 10.4 Å². The van der Waals surface area contributed by atoms with Crippen LogP contribution in [0.25, 0.3) is 0 Å². The summed E-state index contributed by atoms with van der Waals surface area (Å²) in [6.45, 7) is 0. The molecule has 20 heavy (non-hydrogen) atoms. The first-order valence-electron chi connectivity index (χ1n) is 5.61. The maximum Gasteiger partial charge on any atom is 0.256 e. The van der Waals surface area contributed by atoms with Crippen LogP contribution in [0.3, 0.4) is 0 Å². The van der Waals surface area contributed by atoms with E-state index >= 15 is 0 Å². The first-order chi connectivity index (χ1) is 9.51. The van der Waals surface area contributed by atoms with E-state index in [4.69, 9.17) is 4.74 Å². The second-order valence-electron chi connectivity index (χ2n) is 3.93. The lowest BCUT2D eigenvalue weighted by molar-refractivity contribution is 0.102.